The normalized spacial score (nSPS) is 17.5. The SMILES string of the molecule is Cc1ccc(N)cc1NCC1(C(C)C)CC1. The van der Waals surface area contributed by atoms with Gasteiger partial charge in [-0.05, 0) is 48.8 Å². The summed E-state index contributed by atoms with van der Waals surface area (Å²) in [6, 6.07) is 6.06. The molecule has 0 spiro atoms. The molecule has 0 unspecified atom stereocenters. The Morgan fingerprint density at radius 1 is 1.38 bits per heavy atom. The second kappa shape index (κ2) is 4.00. The van der Waals surface area contributed by atoms with Gasteiger partial charge in [0.25, 0.3) is 0 Å². The van der Waals surface area contributed by atoms with E-state index in [1.54, 1.807) is 0 Å². The minimum absolute atomic E-state index is 0.539. The summed E-state index contributed by atoms with van der Waals surface area (Å²) in [4.78, 5) is 0. The number of hydrogen-bond donors (Lipinski definition) is 2. The van der Waals surface area contributed by atoms with Crippen LogP contribution in [0.15, 0.2) is 18.2 Å². The van der Waals surface area contributed by atoms with Crippen LogP contribution in [0.2, 0.25) is 0 Å². The van der Waals surface area contributed by atoms with Gasteiger partial charge in [-0.25, -0.2) is 0 Å². The lowest BCUT2D eigenvalue weighted by atomic mass is 9.92. The summed E-state index contributed by atoms with van der Waals surface area (Å²) in [5.41, 5.74) is 9.64. The van der Waals surface area contributed by atoms with E-state index in [0.29, 0.717) is 5.41 Å². The molecule has 1 aromatic carbocycles. The quantitative estimate of drug-likeness (QED) is 0.760. The first-order valence-electron chi connectivity index (χ1n) is 6.13. The monoisotopic (exact) mass is 218 g/mol. The van der Waals surface area contributed by atoms with Gasteiger partial charge in [0.15, 0.2) is 0 Å². The zero-order valence-corrected chi connectivity index (χ0v) is 10.5. The van der Waals surface area contributed by atoms with E-state index in [0.717, 1.165) is 18.2 Å². The predicted octanol–water partition coefficient (Wildman–Crippen LogP) is 3.43. The number of benzene rings is 1. The van der Waals surface area contributed by atoms with E-state index in [9.17, 15) is 0 Å². The summed E-state index contributed by atoms with van der Waals surface area (Å²) < 4.78 is 0. The first kappa shape index (κ1) is 11.3. The molecule has 0 saturated heterocycles. The van der Waals surface area contributed by atoms with E-state index in [4.69, 9.17) is 5.73 Å². The molecule has 1 saturated carbocycles. The Kier molecular flexibility index (Phi) is 2.83. The lowest BCUT2D eigenvalue weighted by molar-refractivity contribution is 0.380. The molecular formula is C14H22N2. The molecule has 2 heteroatoms. The van der Waals surface area contributed by atoms with Gasteiger partial charge in [-0.3, -0.25) is 0 Å². The van der Waals surface area contributed by atoms with E-state index >= 15 is 0 Å². The molecule has 3 N–H and O–H groups in total. The van der Waals surface area contributed by atoms with Crippen LogP contribution in [0.5, 0.6) is 0 Å². The summed E-state index contributed by atoms with van der Waals surface area (Å²) in [5.74, 6) is 0.765. The van der Waals surface area contributed by atoms with Gasteiger partial charge < -0.3 is 11.1 Å². The third-order valence-corrected chi connectivity index (χ3v) is 4.01. The summed E-state index contributed by atoms with van der Waals surface area (Å²) in [7, 11) is 0. The summed E-state index contributed by atoms with van der Waals surface area (Å²) in [6.45, 7) is 7.84. The molecule has 1 aromatic rings. The highest BCUT2D eigenvalue weighted by Crippen LogP contribution is 2.51. The molecule has 16 heavy (non-hydrogen) atoms. The minimum Gasteiger partial charge on any atom is -0.399 e. The predicted molar refractivity (Wildman–Crippen MR) is 70.6 cm³/mol. The molecule has 88 valence electrons. The number of rotatable bonds is 4. The Balaban J connectivity index is 2.02. The van der Waals surface area contributed by atoms with Gasteiger partial charge in [0, 0.05) is 17.9 Å². The van der Waals surface area contributed by atoms with Crippen LogP contribution in [0, 0.1) is 18.3 Å². The Bertz CT molecular complexity index is 378. The molecule has 0 atom stereocenters. The van der Waals surface area contributed by atoms with E-state index in [2.05, 4.69) is 32.2 Å². The fourth-order valence-corrected chi connectivity index (χ4v) is 2.22. The number of nitrogens with two attached hydrogens (primary N) is 1. The van der Waals surface area contributed by atoms with E-state index in [1.165, 1.54) is 24.1 Å². The van der Waals surface area contributed by atoms with Crippen LogP contribution in [-0.2, 0) is 0 Å². The van der Waals surface area contributed by atoms with Gasteiger partial charge >= 0.3 is 0 Å². The number of hydrogen-bond acceptors (Lipinski definition) is 2. The van der Waals surface area contributed by atoms with Crippen LogP contribution < -0.4 is 11.1 Å². The third kappa shape index (κ3) is 2.16. The molecule has 0 aliphatic heterocycles. The zero-order chi connectivity index (χ0) is 11.8. The van der Waals surface area contributed by atoms with Crippen LogP contribution >= 0.6 is 0 Å². The largest absolute Gasteiger partial charge is 0.399 e. The Morgan fingerprint density at radius 3 is 2.62 bits per heavy atom. The van der Waals surface area contributed by atoms with Gasteiger partial charge in [-0.2, -0.15) is 0 Å². The van der Waals surface area contributed by atoms with Crippen molar-refractivity contribution in [1.29, 1.82) is 0 Å². The second-order valence-corrected chi connectivity index (χ2v) is 5.44. The second-order valence-electron chi connectivity index (χ2n) is 5.44. The van der Waals surface area contributed by atoms with Gasteiger partial charge in [0.05, 0.1) is 0 Å². The van der Waals surface area contributed by atoms with Crippen LogP contribution in [-0.4, -0.2) is 6.54 Å². The molecule has 0 radical (unpaired) electrons. The minimum atomic E-state index is 0.539. The van der Waals surface area contributed by atoms with Gasteiger partial charge in [0.1, 0.15) is 0 Å². The molecule has 2 nitrogen and oxygen atoms in total. The highest BCUT2D eigenvalue weighted by atomic mass is 14.9. The van der Waals surface area contributed by atoms with E-state index in [1.807, 2.05) is 12.1 Å². The van der Waals surface area contributed by atoms with Crippen molar-refractivity contribution in [3.8, 4) is 0 Å². The molecule has 0 amide bonds. The van der Waals surface area contributed by atoms with Crippen molar-refractivity contribution >= 4 is 11.4 Å². The summed E-state index contributed by atoms with van der Waals surface area (Å²) >= 11 is 0. The fourth-order valence-electron chi connectivity index (χ4n) is 2.22. The third-order valence-electron chi connectivity index (χ3n) is 4.01. The molecule has 1 aliphatic carbocycles. The summed E-state index contributed by atoms with van der Waals surface area (Å²) in [5, 5.41) is 3.56. The van der Waals surface area contributed by atoms with E-state index < -0.39 is 0 Å². The van der Waals surface area contributed by atoms with Crippen molar-refractivity contribution in [3.63, 3.8) is 0 Å². The standard InChI is InChI=1S/C14H22N2/c1-10(2)14(6-7-14)9-16-13-8-12(15)5-4-11(13)3/h4-5,8,10,16H,6-7,9,15H2,1-3H3. The Morgan fingerprint density at radius 2 is 2.06 bits per heavy atom. The maximum Gasteiger partial charge on any atom is 0.0390 e. The molecule has 2 rings (SSSR count). The molecule has 0 aromatic heterocycles. The topological polar surface area (TPSA) is 38.0 Å². The molecular weight excluding hydrogens is 196 g/mol. The number of nitrogens with one attached hydrogen (secondary N) is 1. The van der Waals surface area contributed by atoms with Gasteiger partial charge in [-0.15, -0.1) is 0 Å². The van der Waals surface area contributed by atoms with Crippen LogP contribution in [0.3, 0.4) is 0 Å². The highest BCUT2D eigenvalue weighted by molar-refractivity contribution is 5.59. The van der Waals surface area contributed by atoms with Gasteiger partial charge in [0.2, 0.25) is 0 Å². The van der Waals surface area contributed by atoms with Crippen LogP contribution in [0.4, 0.5) is 11.4 Å². The van der Waals surface area contributed by atoms with E-state index in [-0.39, 0.29) is 0 Å². The first-order valence-corrected chi connectivity index (χ1v) is 6.13. The molecule has 1 aliphatic rings. The van der Waals surface area contributed by atoms with Crippen LogP contribution in [0.25, 0.3) is 0 Å². The highest BCUT2D eigenvalue weighted by Gasteiger charge is 2.44. The molecule has 0 bridgehead atoms. The molecule has 0 heterocycles. The number of aryl methyl sites for hydroxylation is 1. The Labute approximate surface area is 98.2 Å². The van der Waals surface area contributed by atoms with Crippen molar-refractivity contribution in [1.82, 2.24) is 0 Å². The maximum atomic E-state index is 5.80. The van der Waals surface area contributed by atoms with Gasteiger partial charge in [-0.1, -0.05) is 19.9 Å². The number of nitrogen functional groups attached to an aromatic ring is 1. The fraction of sp³-hybridized carbons (Fsp3) is 0.571. The van der Waals surface area contributed by atoms with Crippen molar-refractivity contribution in [2.24, 2.45) is 11.3 Å². The van der Waals surface area contributed by atoms with Crippen LogP contribution in [0.1, 0.15) is 32.3 Å². The lowest BCUT2D eigenvalue weighted by Crippen LogP contribution is -2.21. The maximum absolute atomic E-state index is 5.80. The Hall–Kier alpha value is -1.18. The lowest BCUT2D eigenvalue weighted by Gasteiger charge is -2.21. The average Bonchev–Trinajstić information content (AvgIpc) is 3.00. The zero-order valence-electron chi connectivity index (χ0n) is 10.5. The average molecular weight is 218 g/mol. The van der Waals surface area contributed by atoms with Crippen molar-refractivity contribution < 1.29 is 0 Å². The smallest absolute Gasteiger partial charge is 0.0390 e. The van der Waals surface area contributed by atoms with Crippen molar-refractivity contribution in [2.45, 2.75) is 33.6 Å². The molecule has 1 fully saturated rings. The number of anilines is 2. The first-order chi connectivity index (χ1) is 7.53. The van der Waals surface area contributed by atoms with Crippen molar-refractivity contribution in [2.75, 3.05) is 17.6 Å². The van der Waals surface area contributed by atoms with Crippen molar-refractivity contribution in [3.05, 3.63) is 23.8 Å². The summed E-state index contributed by atoms with van der Waals surface area (Å²) in [6.07, 6.45) is 2.72.